The van der Waals surface area contributed by atoms with Gasteiger partial charge in [-0.25, -0.2) is 13.8 Å². The molecule has 0 radical (unpaired) electrons. The first kappa shape index (κ1) is 21.5. The number of hydrogen-bond donors (Lipinski definition) is 2. The number of aromatic nitrogens is 4. The van der Waals surface area contributed by atoms with Gasteiger partial charge in [-0.2, -0.15) is 10.1 Å². The molecule has 4 heterocycles. The molecule has 0 atom stereocenters. The van der Waals surface area contributed by atoms with Crippen LogP contribution in [0.3, 0.4) is 0 Å². The Labute approximate surface area is 189 Å². The van der Waals surface area contributed by atoms with Gasteiger partial charge in [0.15, 0.2) is 11.5 Å². The number of aromatic amines is 1. The maximum Gasteiger partial charge on any atom is 0.227 e. The van der Waals surface area contributed by atoms with Gasteiger partial charge in [-0.05, 0) is 24.5 Å². The third-order valence-corrected chi connectivity index (χ3v) is 6.15. The second kappa shape index (κ2) is 9.26. The van der Waals surface area contributed by atoms with Crippen LogP contribution in [0.5, 0.6) is 0 Å². The maximum absolute atomic E-state index is 13.9. The van der Waals surface area contributed by atoms with E-state index in [0.717, 1.165) is 43.2 Å². The molecule has 2 aliphatic rings. The Bertz CT molecular complexity index is 1140. The number of morpholine rings is 1. The average molecular weight is 457 g/mol. The highest BCUT2D eigenvalue weighted by molar-refractivity contribution is 5.87. The minimum atomic E-state index is -0.692. The van der Waals surface area contributed by atoms with Crippen LogP contribution in [-0.2, 0) is 16.0 Å². The molecule has 0 bridgehead atoms. The number of fused-ring (bicyclic) bond motifs is 1. The Morgan fingerprint density at radius 3 is 2.73 bits per heavy atom. The van der Waals surface area contributed by atoms with Gasteiger partial charge < -0.3 is 19.9 Å². The molecule has 2 aliphatic heterocycles. The summed E-state index contributed by atoms with van der Waals surface area (Å²) in [5.74, 6) is -0.154. The van der Waals surface area contributed by atoms with Crippen LogP contribution in [0.2, 0.25) is 0 Å². The van der Waals surface area contributed by atoms with Crippen LogP contribution in [-0.4, -0.2) is 76.4 Å². The number of nitrogens with zero attached hydrogens (tertiary/aromatic N) is 5. The van der Waals surface area contributed by atoms with Gasteiger partial charge in [0.05, 0.1) is 25.0 Å². The zero-order chi connectivity index (χ0) is 22.8. The van der Waals surface area contributed by atoms with Crippen LogP contribution in [0, 0.1) is 11.6 Å². The summed E-state index contributed by atoms with van der Waals surface area (Å²) in [5, 5.41) is 11.6. The highest BCUT2D eigenvalue weighted by Gasteiger charge is 2.24. The van der Waals surface area contributed by atoms with E-state index in [2.05, 4.69) is 30.4 Å². The van der Waals surface area contributed by atoms with Crippen molar-refractivity contribution in [3.63, 3.8) is 0 Å². The summed E-state index contributed by atoms with van der Waals surface area (Å²) in [5.41, 5.74) is 0.877. The first-order valence-electron chi connectivity index (χ1n) is 11.1. The van der Waals surface area contributed by atoms with E-state index in [0.29, 0.717) is 37.9 Å². The minimum Gasteiger partial charge on any atom is -0.378 e. The van der Waals surface area contributed by atoms with Gasteiger partial charge in [0.2, 0.25) is 11.9 Å². The Morgan fingerprint density at radius 2 is 1.97 bits per heavy atom. The lowest BCUT2D eigenvalue weighted by atomic mass is 10.0. The number of anilines is 2. The minimum absolute atomic E-state index is 0.0741. The van der Waals surface area contributed by atoms with Crippen molar-refractivity contribution in [2.75, 3.05) is 49.6 Å². The average Bonchev–Trinajstić information content (AvgIpc) is 3.25. The van der Waals surface area contributed by atoms with E-state index in [9.17, 15) is 13.6 Å². The van der Waals surface area contributed by atoms with E-state index in [1.807, 2.05) is 0 Å². The fourth-order valence-electron chi connectivity index (χ4n) is 4.28. The molecule has 0 spiro atoms. The molecule has 174 valence electrons. The Morgan fingerprint density at radius 1 is 1.18 bits per heavy atom. The second-order valence-corrected chi connectivity index (χ2v) is 8.31. The predicted molar refractivity (Wildman–Crippen MR) is 118 cm³/mol. The highest BCUT2D eigenvalue weighted by Crippen LogP contribution is 2.24. The van der Waals surface area contributed by atoms with Crippen molar-refractivity contribution in [3.8, 4) is 0 Å². The lowest BCUT2D eigenvalue weighted by molar-refractivity contribution is -0.131. The van der Waals surface area contributed by atoms with Crippen molar-refractivity contribution in [3.05, 3.63) is 41.6 Å². The van der Waals surface area contributed by atoms with Crippen molar-refractivity contribution in [1.82, 2.24) is 25.1 Å². The monoisotopic (exact) mass is 457 g/mol. The summed E-state index contributed by atoms with van der Waals surface area (Å²) in [4.78, 5) is 25.4. The Hall–Kier alpha value is -3.34. The van der Waals surface area contributed by atoms with Crippen LogP contribution in [0.4, 0.5) is 20.5 Å². The molecule has 33 heavy (non-hydrogen) atoms. The third kappa shape index (κ3) is 4.72. The van der Waals surface area contributed by atoms with E-state index in [4.69, 9.17) is 4.74 Å². The molecule has 1 aromatic carbocycles. The van der Waals surface area contributed by atoms with Crippen molar-refractivity contribution in [1.29, 1.82) is 0 Å². The van der Waals surface area contributed by atoms with E-state index >= 15 is 0 Å². The first-order valence-corrected chi connectivity index (χ1v) is 11.1. The van der Waals surface area contributed by atoms with E-state index in [-0.39, 0.29) is 23.9 Å². The highest BCUT2D eigenvalue weighted by atomic mass is 19.1. The molecule has 2 saturated heterocycles. The molecule has 0 saturated carbocycles. The zero-order valence-corrected chi connectivity index (χ0v) is 18.1. The number of halogens is 2. The zero-order valence-electron chi connectivity index (χ0n) is 18.1. The molecule has 2 fully saturated rings. The molecule has 3 aromatic rings. The van der Waals surface area contributed by atoms with Gasteiger partial charge in [-0.1, -0.05) is 6.07 Å². The van der Waals surface area contributed by atoms with E-state index in [1.54, 1.807) is 11.1 Å². The van der Waals surface area contributed by atoms with Crippen LogP contribution < -0.4 is 10.2 Å². The van der Waals surface area contributed by atoms with Crippen LogP contribution in [0.15, 0.2) is 24.4 Å². The van der Waals surface area contributed by atoms with Gasteiger partial charge in [0, 0.05) is 44.5 Å². The first-order chi connectivity index (χ1) is 16.1. The smallest absolute Gasteiger partial charge is 0.227 e. The van der Waals surface area contributed by atoms with Gasteiger partial charge in [0.25, 0.3) is 0 Å². The number of carbonyl (C=O) groups excluding carboxylic acids is 1. The SMILES string of the molecule is O=C(Cc1ccc(F)cc1F)N1CCC(Nc2ncc3c(N4CCOCC4)n[nH]c3n2)CC1. The van der Waals surface area contributed by atoms with Crippen molar-refractivity contribution in [2.45, 2.75) is 25.3 Å². The van der Waals surface area contributed by atoms with Crippen molar-refractivity contribution in [2.24, 2.45) is 0 Å². The number of hydrogen-bond acceptors (Lipinski definition) is 7. The second-order valence-electron chi connectivity index (χ2n) is 8.31. The number of ether oxygens (including phenoxy) is 1. The summed E-state index contributed by atoms with van der Waals surface area (Å²) < 4.78 is 32.3. The molecule has 9 nitrogen and oxygen atoms in total. The molecule has 1 amide bonds. The number of likely N-dealkylation sites (tertiary alicyclic amines) is 1. The number of amides is 1. The number of rotatable bonds is 5. The third-order valence-electron chi connectivity index (χ3n) is 6.15. The molecule has 2 aromatic heterocycles. The fourth-order valence-corrected chi connectivity index (χ4v) is 4.28. The molecule has 0 unspecified atom stereocenters. The molecular weight excluding hydrogens is 432 g/mol. The summed E-state index contributed by atoms with van der Waals surface area (Å²) in [6, 6.07) is 3.42. The maximum atomic E-state index is 13.9. The molecule has 0 aliphatic carbocycles. The van der Waals surface area contributed by atoms with Crippen LogP contribution in [0.25, 0.3) is 11.0 Å². The normalized spacial score (nSPS) is 17.5. The summed E-state index contributed by atoms with van der Waals surface area (Å²) in [6.45, 7) is 4.01. The lowest BCUT2D eigenvalue weighted by Crippen LogP contribution is -2.43. The Kier molecular flexibility index (Phi) is 6.03. The Balaban J connectivity index is 1.16. The summed E-state index contributed by atoms with van der Waals surface area (Å²) >= 11 is 0. The molecule has 11 heteroatoms. The summed E-state index contributed by atoms with van der Waals surface area (Å²) in [6.07, 6.45) is 3.15. The van der Waals surface area contributed by atoms with Gasteiger partial charge in [-0.15, -0.1) is 0 Å². The number of nitrogens with one attached hydrogen (secondary N) is 2. The van der Waals surface area contributed by atoms with Crippen molar-refractivity contribution < 1.29 is 18.3 Å². The fraction of sp³-hybridized carbons (Fsp3) is 0.455. The number of piperidine rings is 1. The number of benzene rings is 1. The van der Waals surface area contributed by atoms with Crippen LogP contribution >= 0.6 is 0 Å². The van der Waals surface area contributed by atoms with Gasteiger partial charge in [0.1, 0.15) is 11.6 Å². The number of carbonyl (C=O) groups is 1. The predicted octanol–water partition coefficient (Wildman–Crippen LogP) is 2.11. The standard InChI is InChI=1S/C22H25F2N7O2/c23-15-2-1-14(18(24)12-15)11-19(32)30-5-3-16(4-6-30)26-22-25-13-17-20(27-22)28-29-21(17)31-7-9-33-10-8-31/h1-2,12-13,16H,3-11H2,(H2,25,26,27,28,29). The van der Waals surface area contributed by atoms with Crippen LogP contribution in [0.1, 0.15) is 18.4 Å². The quantitative estimate of drug-likeness (QED) is 0.606. The molecule has 5 rings (SSSR count). The topological polar surface area (TPSA) is 99.3 Å². The number of H-pyrrole nitrogens is 1. The molecular formula is C22H25F2N7O2. The van der Waals surface area contributed by atoms with Crippen molar-refractivity contribution >= 4 is 28.7 Å². The lowest BCUT2D eigenvalue weighted by Gasteiger charge is -2.32. The van der Waals surface area contributed by atoms with E-state index < -0.39 is 11.6 Å². The van der Waals surface area contributed by atoms with Gasteiger partial charge in [-0.3, -0.25) is 9.89 Å². The van der Waals surface area contributed by atoms with E-state index in [1.165, 1.54) is 12.1 Å². The molecule has 2 N–H and O–H groups in total. The van der Waals surface area contributed by atoms with Gasteiger partial charge >= 0.3 is 0 Å². The largest absolute Gasteiger partial charge is 0.378 e. The summed E-state index contributed by atoms with van der Waals surface area (Å²) in [7, 11) is 0.